The Kier molecular flexibility index (Phi) is 25.4. The van der Waals surface area contributed by atoms with Crippen molar-refractivity contribution in [2.45, 2.75) is 179 Å². The zero-order valence-electron chi connectivity index (χ0n) is 23.8. The normalized spacial score (nSPS) is 14.9. The second-order valence-electron chi connectivity index (χ2n) is 10.8. The fourth-order valence-electron chi connectivity index (χ4n) is 4.75. The molecule has 0 aromatic rings. The van der Waals surface area contributed by atoms with Gasteiger partial charge in [0.05, 0.1) is 18.8 Å². The summed E-state index contributed by atoms with van der Waals surface area (Å²) in [6, 6.07) is -0.974. The van der Waals surface area contributed by atoms with Crippen LogP contribution in [0.3, 0.4) is 0 Å². The Morgan fingerprint density at radius 3 is 1.33 bits per heavy atom. The number of nitrogens with one attached hydrogen (secondary N) is 1. The highest BCUT2D eigenvalue weighted by molar-refractivity contribution is 5.80. The molecular formula is C30H61NO5. The maximum Gasteiger partial charge on any atom is 0.249 e. The van der Waals surface area contributed by atoms with Gasteiger partial charge in [0.1, 0.15) is 12.2 Å². The molecule has 0 aliphatic rings. The zero-order valence-corrected chi connectivity index (χ0v) is 23.8. The van der Waals surface area contributed by atoms with Gasteiger partial charge in [-0.2, -0.15) is 0 Å². The Morgan fingerprint density at radius 2 is 0.944 bits per heavy atom. The van der Waals surface area contributed by atoms with Crippen LogP contribution in [0.5, 0.6) is 0 Å². The van der Waals surface area contributed by atoms with Crippen molar-refractivity contribution < 1.29 is 25.2 Å². The smallest absolute Gasteiger partial charge is 0.249 e. The Morgan fingerprint density at radius 1 is 0.583 bits per heavy atom. The molecule has 0 bridgehead atoms. The van der Waals surface area contributed by atoms with Gasteiger partial charge in [0.25, 0.3) is 0 Å². The lowest BCUT2D eigenvalue weighted by molar-refractivity contribution is -0.132. The quantitative estimate of drug-likeness (QED) is 0.0841. The number of hydrogen-bond acceptors (Lipinski definition) is 5. The molecule has 0 aromatic carbocycles. The van der Waals surface area contributed by atoms with Crippen molar-refractivity contribution in [1.29, 1.82) is 0 Å². The molecule has 0 heterocycles. The molecule has 0 radical (unpaired) electrons. The number of unbranched alkanes of at least 4 members (excludes halogenated alkanes) is 18. The molecule has 0 spiro atoms. The standard InChI is InChI=1S/C30H61NO5/c1-3-5-7-9-11-13-14-15-16-18-20-22-24-28(34)30(36)31-26(25-32)29(35)27(33)23-21-19-17-12-10-8-6-4-2/h26-29,32-35H,3-25H2,1-2H3,(H,31,36). The molecule has 36 heavy (non-hydrogen) atoms. The van der Waals surface area contributed by atoms with Gasteiger partial charge in [0, 0.05) is 0 Å². The highest BCUT2D eigenvalue weighted by atomic mass is 16.3. The van der Waals surface area contributed by atoms with E-state index in [1.54, 1.807) is 0 Å². The summed E-state index contributed by atoms with van der Waals surface area (Å²) < 4.78 is 0. The lowest BCUT2D eigenvalue weighted by Gasteiger charge is -2.27. The predicted octanol–water partition coefficient (Wildman–Crippen LogP) is 6.17. The lowest BCUT2D eigenvalue weighted by Crippen LogP contribution is -2.53. The maximum absolute atomic E-state index is 12.3. The van der Waals surface area contributed by atoms with Gasteiger partial charge in [-0.05, 0) is 12.8 Å². The highest BCUT2D eigenvalue weighted by Gasteiger charge is 2.28. The summed E-state index contributed by atoms with van der Waals surface area (Å²) in [7, 11) is 0. The number of hydrogen-bond donors (Lipinski definition) is 5. The summed E-state index contributed by atoms with van der Waals surface area (Å²) >= 11 is 0. The molecule has 216 valence electrons. The van der Waals surface area contributed by atoms with Crippen LogP contribution in [0.25, 0.3) is 0 Å². The molecule has 0 aliphatic heterocycles. The van der Waals surface area contributed by atoms with Crippen molar-refractivity contribution in [1.82, 2.24) is 5.32 Å². The van der Waals surface area contributed by atoms with Crippen molar-refractivity contribution in [3.05, 3.63) is 0 Å². The lowest BCUT2D eigenvalue weighted by atomic mass is 9.99. The first kappa shape index (κ1) is 35.3. The van der Waals surface area contributed by atoms with Crippen molar-refractivity contribution >= 4 is 5.91 Å². The SMILES string of the molecule is CCCCCCCCCCCCCCC(O)C(=O)NC(CO)C(O)C(O)CCCCCCCCCC. The van der Waals surface area contributed by atoms with E-state index in [1.165, 1.54) is 89.9 Å². The second kappa shape index (κ2) is 25.9. The minimum atomic E-state index is -1.25. The third-order valence-electron chi connectivity index (χ3n) is 7.32. The molecule has 0 aliphatic carbocycles. The Bertz CT molecular complexity index is 476. The van der Waals surface area contributed by atoms with Crippen molar-refractivity contribution in [2.24, 2.45) is 0 Å². The van der Waals surface area contributed by atoms with Crippen LogP contribution in [-0.4, -0.2) is 57.3 Å². The van der Waals surface area contributed by atoms with E-state index in [-0.39, 0.29) is 0 Å². The van der Waals surface area contributed by atoms with Crippen molar-refractivity contribution in [3.63, 3.8) is 0 Å². The Hall–Kier alpha value is -0.690. The summed E-state index contributed by atoms with van der Waals surface area (Å²) in [5, 5.41) is 43.0. The fourth-order valence-corrected chi connectivity index (χ4v) is 4.75. The zero-order chi connectivity index (χ0) is 26.9. The molecule has 0 rings (SSSR count). The minimum Gasteiger partial charge on any atom is -0.394 e. The van der Waals surface area contributed by atoms with Gasteiger partial charge in [0.15, 0.2) is 0 Å². The third kappa shape index (κ3) is 20.4. The van der Waals surface area contributed by atoms with Crippen molar-refractivity contribution in [2.75, 3.05) is 6.61 Å². The van der Waals surface area contributed by atoms with Crippen LogP contribution in [0.15, 0.2) is 0 Å². The molecule has 0 aromatic heterocycles. The van der Waals surface area contributed by atoms with Gasteiger partial charge in [-0.15, -0.1) is 0 Å². The number of amides is 1. The van der Waals surface area contributed by atoms with Gasteiger partial charge in [-0.25, -0.2) is 0 Å². The number of aliphatic hydroxyl groups is 4. The summed E-state index contributed by atoms with van der Waals surface area (Å²) in [4.78, 5) is 12.3. The first-order valence-electron chi connectivity index (χ1n) is 15.4. The molecule has 1 amide bonds. The van der Waals surface area contributed by atoms with Crippen LogP contribution in [-0.2, 0) is 4.79 Å². The Balaban J connectivity index is 3.88. The van der Waals surface area contributed by atoms with Crippen LogP contribution in [0.2, 0.25) is 0 Å². The van der Waals surface area contributed by atoms with Gasteiger partial charge < -0.3 is 25.7 Å². The van der Waals surface area contributed by atoms with Crippen LogP contribution < -0.4 is 5.32 Å². The monoisotopic (exact) mass is 515 g/mol. The van der Waals surface area contributed by atoms with Gasteiger partial charge in [0.2, 0.25) is 5.91 Å². The van der Waals surface area contributed by atoms with Gasteiger partial charge in [-0.1, -0.05) is 142 Å². The summed E-state index contributed by atoms with van der Waals surface area (Å²) in [5.41, 5.74) is 0. The largest absolute Gasteiger partial charge is 0.394 e. The van der Waals surface area contributed by atoms with Crippen LogP contribution in [0, 0.1) is 0 Å². The first-order valence-corrected chi connectivity index (χ1v) is 15.4. The van der Waals surface area contributed by atoms with E-state index in [0.29, 0.717) is 12.8 Å². The van der Waals surface area contributed by atoms with E-state index in [1.807, 2.05) is 0 Å². The number of rotatable bonds is 27. The molecule has 4 atom stereocenters. The second-order valence-corrected chi connectivity index (χ2v) is 10.8. The molecule has 4 unspecified atom stereocenters. The fraction of sp³-hybridized carbons (Fsp3) is 0.967. The summed E-state index contributed by atoms with van der Waals surface area (Å²) in [6.45, 7) is 3.97. The molecular weight excluding hydrogens is 454 g/mol. The van der Waals surface area contributed by atoms with E-state index >= 15 is 0 Å². The molecule has 0 saturated carbocycles. The summed E-state index contributed by atoms with van der Waals surface area (Å²) in [6.07, 6.45) is 21.3. The topological polar surface area (TPSA) is 110 Å². The van der Waals surface area contributed by atoms with Gasteiger partial charge in [-0.3, -0.25) is 4.79 Å². The maximum atomic E-state index is 12.3. The van der Waals surface area contributed by atoms with Crippen LogP contribution in [0.4, 0.5) is 0 Å². The average molecular weight is 516 g/mol. The van der Waals surface area contributed by atoms with E-state index in [0.717, 1.165) is 38.5 Å². The number of carbonyl (C=O) groups excluding carboxylic acids is 1. The molecule has 5 N–H and O–H groups in total. The average Bonchev–Trinajstić information content (AvgIpc) is 2.88. The first-order chi connectivity index (χ1) is 17.5. The van der Waals surface area contributed by atoms with E-state index < -0.39 is 36.9 Å². The predicted molar refractivity (Wildman–Crippen MR) is 150 cm³/mol. The summed E-state index contributed by atoms with van der Waals surface area (Å²) in [5.74, 6) is -0.588. The third-order valence-corrected chi connectivity index (χ3v) is 7.32. The molecule has 6 nitrogen and oxygen atoms in total. The number of aliphatic hydroxyl groups excluding tert-OH is 4. The molecule has 0 fully saturated rings. The minimum absolute atomic E-state index is 0.373. The molecule has 6 heteroatoms. The number of carbonyl (C=O) groups is 1. The highest BCUT2D eigenvalue weighted by Crippen LogP contribution is 2.15. The van der Waals surface area contributed by atoms with Crippen LogP contribution in [0.1, 0.15) is 155 Å². The van der Waals surface area contributed by atoms with E-state index in [2.05, 4.69) is 19.2 Å². The van der Waals surface area contributed by atoms with Crippen LogP contribution >= 0.6 is 0 Å². The van der Waals surface area contributed by atoms with Crippen molar-refractivity contribution in [3.8, 4) is 0 Å². The molecule has 0 saturated heterocycles. The van der Waals surface area contributed by atoms with Gasteiger partial charge >= 0.3 is 0 Å². The van der Waals surface area contributed by atoms with E-state index in [9.17, 15) is 25.2 Å². The van der Waals surface area contributed by atoms with E-state index in [4.69, 9.17) is 0 Å². The Labute approximate surface area is 222 Å².